The lowest BCUT2D eigenvalue weighted by Crippen LogP contribution is -2.23. The fraction of sp³-hybridized carbons (Fsp3) is 0.194. The van der Waals surface area contributed by atoms with Gasteiger partial charge in [0.05, 0.1) is 5.69 Å². The Hall–Kier alpha value is -5.57. The molecule has 0 radical (unpaired) electrons. The predicted octanol–water partition coefficient (Wildman–Crippen LogP) is 6.37. The van der Waals surface area contributed by atoms with Crippen molar-refractivity contribution in [1.29, 1.82) is 0 Å². The van der Waals surface area contributed by atoms with Crippen molar-refractivity contribution in [2.45, 2.75) is 39.7 Å². The average Bonchev–Trinajstić information content (AvgIpc) is 3.03. The van der Waals surface area contributed by atoms with E-state index in [1.54, 1.807) is 49.9 Å². The van der Waals surface area contributed by atoms with Crippen LogP contribution in [0.15, 0.2) is 102 Å². The molecular formula is C36H36N6O3. The molecule has 0 aliphatic heterocycles. The summed E-state index contributed by atoms with van der Waals surface area (Å²) in [6.07, 6.45) is 5.03. The molecule has 228 valence electrons. The van der Waals surface area contributed by atoms with Crippen molar-refractivity contribution in [3.63, 3.8) is 0 Å². The number of amides is 2. The second-order valence-electron chi connectivity index (χ2n) is 11.9. The summed E-state index contributed by atoms with van der Waals surface area (Å²) in [6.45, 7) is 8.70. The predicted molar refractivity (Wildman–Crippen MR) is 178 cm³/mol. The van der Waals surface area contributed by atoms with Crippen LogP contribution in [0.1, 0.15) is 58.2 Å². The average molecular weight is 601 g/mol. The molecule has 2 aromatic heterocycles. The molecule has 0 saturated carbocycles. The van der Waals surface area contributed by atoms with Gasteiger partial charge >= 0.3 is 0 Å². The number of rotatable bonds is 8. The Morgan fingerprint density at radius 1 is 0.844 bits per heavy atom. The summed E-state index contributed by atoms with van der Waals surface area (Å²) >= 11 is 0. The Morgan fingerprint density at radius 2 is 1.49 bits per heavy atom. The minimum absolute atomic E-state index is 0.00256. The first-order chi connectivity index (χ1) is 21.5. The van der Waals surface area contributed by atoms with Crippen LogP contribution in [0.5, 0.6) is 0 Å². The van der Waals surface area contributed by atoms with Crippen LogP contribution in [0.25, 0.3) is 11.3 Å². The van der Waals surface area contributed by atoms with E-state index in [0.717, 1.165) is 22.3 Å². The maximum atomic E-state index is 13.1. The lowest BCUT2D eigenvalue weighted by Gasteiger charge is -2.19. The molecule has 3 N–H and O–H groups in total. The van der Waals surface area contributed by atoms with Crippen LogP contribution >= 0.6 is 0 Å². The van der Waals surface area contributed by atoms with Crippen LogP contribution in [0.4, 0.5) is 17.2 Å². The molecule has 2 amide bonds. The number of pyridine rings is 1. The Balaban J connectivity index is 1.32. The number of benzene rings is 3. The van der Waals surface area contributed by atoms with Crippen molar-refractivity contribution in [3.8, 4) is 11.3 Å². The number of hydrogen-bond donors (Lipinski definition) is 3. The van der Waals surface area contributed by atoms with Crippen LogP contribution in [-0.2, 0) is 19.0 Å². The van der Waals surface area contributed by atoms with Crippen molar-refractivity contribution in [3.05, 3.63) is 136 Å². The van der Waals surface area contributed by atoms with E-state index in [4.69, 9.17) is 0 Å². The van der Waals surface area contributed by atoms with Gasteiger partial charge in [0.15, 0.2) is 5.82 Å². The first-order valence-corrected chi connectivity index (χ1v) is 14.6. The quantitative estimate of drug-likeness (QED) is 0.190. The zero-order valence-corrected chi connectivity index (χ0v) is 26.0. The van der Waals surface area contributed by atoms with E-state index in [1.807, 2.05) is 61.5 Å². The summed E-state index contributed by atoms with van der Waals surface area (Å²) in [5.41, 5.74) is 6.27. The molecule has 0 atom stereocenters. The Labute approximate surface area is 262 Å². The molecule has 0 aliphatic rings. The second-order valence-corrected chi connectivity index (χ2v) is 11.9. The summed E-state index contributed by atoms with van der Waals surface area (Å²) in [5, 5.41) is 9.00. The first-order valence-electron chi connectivity index (χ1n) is 14.6. The van der Waals surface area contributed by atoms with Gasteiger partial charge in [-0.15, -0.1) is 0 Å². The van der Waals surface area contributed by atoms with Gasteiger partial charge in [0.25, 0.3) is 17.4 Å². The van der Waals surface area contributed by atoms with Gasteiger partial charge in [0.1, 0.15) is 0 Å². The van der Waals surface area contributed by atoms with Gasteiger partial charge in [-0.25, -0.2) is 4.98 Å². The molecule has 5 aromatic rings. The van der Waals surface area contributed by atoms with Crippen LogP contribution in [0.3, 0.4) is 0 Å². The molecule has 45 heavy (non-hydrogen) atoms. The number of anilines is 3. The van der Waals surface area contributed by atoms with E-state index in [1.165, 1.54) is 4.57 Å². The maximum absolute atomic E-state index is 13.1. The monoisotopic (exact) mass is 600 g/mol. The highest BCUT2D eigenvalue weighted by Crippen LogP contribution is 2.29. The summed E-state index contributed by atoms with van der Waals surface area (Å²) in [4.78, 5) is 47.3. The molecule has 2 heterocycles. The normalized spacial score (nSPS) is 11.1. The molecule has 0 unspecified atom stereocenters. The highest BCUT2D eigenvalue weighted by atomic mass is 16.2. The summed E-state index contributed by atoms with van der Waals surface area (Å²) in [5.74, 6) is -0.280. The molecule has 0 fully saturated rings. The number of aryl methyl sites for hydroxylation is 1. The fourth-order valence-corrected chi connectivity index (χ4v) is 4.81. The molecule has 0 saturated heterocycles. The number of aromatic nitrogens is 3. The molecule has 3 aromatic carbocycles. The summed E-state index contributed by atoms with van der Waals surface area (Å²) < 4.78 is 1.47. The number of hydrogen-bond acceptors (Lipinski definition) is 6. The lowest BCUT2D eigenvalue weighted by molar-refractivity contribution is 0.0950. The van der Waals surface area contributed by atoms with E-state index in [0.29, 0.717) is 34.7 Å². The van der Waals surface area contributed by atoms with Gasteiger partial charge in [-0.1, -0.05) is 45.0 Å². The van der Waals surface area contributed by atoms with Gasteiger partial charge < -0.3 is 20.5 Å². The van der Waals surface area contributed by atoms with Gasteiger partial charge in [-0.3, -0.25) is 19.4 Å². The van der Waals surface area contributed by atoms with E-state index < -0.39 is 0 Å². The fourth-order valence-electron chi connectivity index (χ4n) is 4.81. The molecule has 0 aliphatic carbocycles. The van der Waals surface area contributed by atoms with Crippen molar-refractivity contribution in [1.82, 2.24) is 19.9 Å². The van der Waals surface area contributed by atoms with Gasteiger partial charge in [0, 0.05) is 60.2 Å². The Bertz CT molecular complexity index is 1890. The summed E-state index contributed by atoms with van der Waals surface area (Å²) in [7, 11) is 1.66. The molecule has 9 nitrogen and oxygen atoms in total. The van der Waals surface area contributed by atoms with Crippen molar-refractivity contribution in [2.24, 2.45) is 7.05 Å². The Morgan fingerprint density at radius 3 is 2.16 bits per heavy atom. The van der Waals surface area contributed by atoms with Gasteiger partial charge in [-0.2, -0.15) is 0 Å². The molecular weight excluding hydrogens is 564 g/mol. The lowest BCUT2D eigenvalue weighted by atomic mass is 9.86. The molecule has 0 spiro atoms. The molecule has 0 bridgehead atoms. The first kappa shape index (κ1) is 30.9. The van der Waals surface area contributed by atoms with Crippen LogP contribution in [0, 0.1) is 6.92 Å². The molecule has 5 rings (SSSR count). The third kappa shape index (κ3) is 7.33. The maximum Gasteiger partial charge on any atom is 0.293 e. The highest BCUT2D eigenvalue weighted by Gasteiger charge is 2.17. The van der Waals surface area contributed by atoms with E-state index in [-0.39, 0.29) is 28.6 Å². The standard InChI is InChI=1S/C36H36N6O3/c1-23-29(7-6-8-30(23)41-34(44)26-9-13-27(14-10-26)36(2,3)4)31-22-42(5)35(45)32(40-31)39-28-15-11-25(12-16-28)33(43)38-21-24-17-19-37-20-18-24/h6-20,22H,21H2,1-5H3,(H,38,43)(H,39,40)(H,41,44). The Kier molecular flexibility index (Phi) is 8.90. The SMILES string of the molecule is Cc1c(NC(=O)c2ccc(C(C)(C)C)cc2)cccc1-c1cn(C)c(=O)c(Nc2ccc(C(=O)NCc3ccncc3)cc2)n1. The van der Waals surface area contributed by atoms with E-state index in [2.05, 4.69) is 46.7 Å². The van der Waals surface area contributed by atoms with E-state index in [9.17, 15) is 14.4 Å². The number of nitrogens with zero attached hydrogens (tertiary/aromatic N) is 3. The van der Waals surface area contributed by atoms with Crippen LogP contribution in [0.2, 0.25) is 0 Å². The smallest absolute Gasteiger partial charge is 0.293 e. The largest absolute Gasteiger partial charge is 0.348 e. The van der Waals surface area contributed by atoms with E-state index >= 15 is 0 Å². The van der Waals surface area contributed by atoms with Gasteiger partial charge in [0.2, 0.25) is 0 Å². The summed E-state index contributed by atoms with van der Waals surface area (Å²) in [6, 6.07) is 23.7. The van der Waals surface area contributed by atoms with Crippen molar-refractivity contribution in [2.75, 3.05) is 10.6 Å². The van der Waals surface area contributed by atoms with Crippen molar-refractivity contribution >= 4 is 29.0 Å². The van der Waals surface area contributed by atoms with Gasteiger partial charge in [-0.05, 0) is 83.6 Å². The highest BCUT2D eigenvalue weighted by molar-refractivity contribution is 6.05. The number of nitrogens with one attached hydrogen (secondary N) is 3. The van der Waals surface area contributed by atoms with Crippen LogP contribution < -0.4 is 21.5 Å². The van der Waals surface area contributed by atoms with Crippen LogP contribution in [-0.4, -0.2) is 26.3 Å². The minimum Gasteiger partial charge on any atom is -0.348 e. The van der Waals surface area contributed by atoms with Crippen molar-refractivity contribution < 1.29 is 9.59 Å². The third-order valence-corrected chi connectivity index (χ3v) is 7.55. The topological polar surface area (TPSA) is 118 Å². The zero-order chi connectivity index (χ0) is 32.1. The third-order valence-electron chi connectivity index (χ3n) is 7.55. The second kappa shape index (κ2) is 13.0. The minimum atomic E-state index is -0.307. The number of carbonyl (C=O) groups excluding carboxylic acids is 2. The number of carbonyl (C=O) groups is 2. The molecule has 9 heteroatoms. The zero-order valence-electron chi connectivity index (χ0n) is 26.0.